The number of ether oxygens (including phenoxy) is 1. The van der Waals surface area contributed by atoms with Crippen LogP contribution in [0.3, 0.4) is 0 Å². The van der Waals surface area contributed by atoms with Gasteiger partial charge in [0.15, 0.2) is 0 Å². The number of aromatic nitrogens is 2. The van der Waals surface area contributed by atoms with E-state index in [1.807, 2.05) is 0 Å². The molecule has 0 fully saturated rings. The maximum Gasteiger partial charge on any atom is 0.346 e. The summed E-state index contributed by atoms with van der Waals surface area (Å²) in [5.41, 5.74) is 0.756. The first-order valence-corrected chi connectivity index (χ1v) is 4.44. The molecule has 0 atom stereocenters. The number of nitriles is 1. The maximum absolute atomic E-state index is 10.7. The maximum atomic E-state index is 10.7. The summed E-state index contributed by atoms with van der Waals surface area (Å²) in [6, 6.07) is 1.61. The smallest absolute Gasteiger partial charge is 0.346 e. The van der Waals surface area contributed by atoms with Crippen LogP contribution in [0.15, 0.2) is 5.57 Å². The standard InChI is InChI=1S/C10H11N3O3/c1-6-8(4-7(5-11)10(14)15)9(16-3)13(2)12-6/h4H,1-3H3,(H,14,15)/b7-4-. The van der Waals surface area contributed by atoms with Crippen molar-refractivity contribution in [2.24, 2.45) is 7.05 Å². The summed E-state index contributed by atoms with van der Waals surface area (Å²) in [5.74, 6) is -0.848. The number of hydrogen-bond acceptors (Lipinski definition) is 4. The summed E-state index contributed by atoms with van der Waals surface area (Å²) in [7, 11) is 3.14. The lowest BCUT2D eigenvalue weighted by Gasteiger charge is -2.00. The van der Waals surface area contributed by atoms with Crippen LogP contribution in [-0.2, 0) is 11.8 Å². The number of methoxy groups -OCH3 is 1. The summed E-state index contributed by atoms with van der Waals surface area (Å²) in [4.78, 5) is 10.7. The van der Waals surface area contributed by atoms with Crippen molar-refractivity contribution >= 4 is 12.0 Å². The van der Waals surface area contributed by atoms with Crippen molar-refractivity contribution < 1.29 is 14.6 Å². The van der Waals surface area contributed by atoms with Gasteiger partial charge in [0.2, 0.25) is 5.88 Å². The second kappa shape index (κ2) is 4.49. The van der Waals surface area contributed by atoms with Crippen molar-refractivity contribution in [2.75, 3.05) is 7.11 Å². The van der Waals surface area contributed by atoms with Gasteiger partial charge in [-0.2, -0.15) is 10.4 Å². The summed E-state index contributed by atoms with van der Waals surface area (Å²) >= 11 is 0. The van der Waals surface area contributed by atoms with Crippen LogP contribution in [-0.4, -0.2) is 28.0 Å². The molecule has 0 saturated heterocycles. The van der Waals surface area contributed by atoms with Crippen LogP contribution in [0.1, 0.15) is 11.3 Å². The summed E-state index contributed by atoms with van der Waals surface area (Å²) < 4.78 is 6.56. The number of hydrogen-bond donors (Lipinski definition) is 1. The Morgan fingerprint density at radius 3 is 2.75 bits per heavy atom. The Hall–Kier alpha value is -2.29. The molecule has 1 rings (SSSR count). The van der Waals surface area contributed by atoms with Crippen LogP contribution in [0.25, 0.3) is 6.08 Å². The Morgan fingerprint density at radius 2 is 2.31 bits per heavy atom. The molecule has 6 heteroatoms. The highest BCUT2D eigenvalue weighted by molar-refractivity contribution is 5.96. The van der Waals surface area contributed by atoms with E-state index in [2.05, 4.69) is 5.10 Å². The SMILES string of the molecule is COc1c(/C=C(/C#N)C(=O)O)c(C)nn1C. The Balaban J connectivity index is 3.34. The molecule has 1 aromatic heterocycles. The number of carbonyl (C=O) groups is 1. The molecule has 84 valence electrons. The van der Waals surface area contributed by atoms with Crippen molar-refractivity contribution in [3.63, 3.8) is 0 Å². The minimum Gasteiger partial charge on any atom is -0.481 e. The van der Waals surface area contributed by atoms with Gasteiger partial charge in [-0.3, -0.25) is 0 Å². The summed E-state index contributed by atoms with van der Waals surface area (Å²) in [6.07, 6.45) is 1.25. The first-order valence-electron chi connectivity index (χ1n) is 4.44. The van der Waals surface area contributed by atoms with Crippen LogP contribution in [0.5, 0.6) is 5.88 Å². The second-order valence-corrected chi connectivity index (χ2v) is 3.11. The third-order valence-electron chi connectivity index (χ3n) is 2.05. The third-order valence-corrected chi connectivity index (χ3v) is 2.05. The van der Waals surface area contributed by atoms with Gasteiger partial charge < -0.3 is 9.84 Å². The normalized spacial score (nSPS) is 11.0. The molecule has 0 amide bonds. The Kier molecular flexibility index (Phi) is 3.30. The number of rotatable bonds is 3. The van der Waals surface area contributed by atoms with Gasteiger partial charge in [-0.25, -0.2) is 9.48 Å². The van der Waals surface area contributed by atoms with Gasteiger partial charge in [0, 0.05) is 7.05 Å². The van der Waals surface area contributed by atoms with E-state index in [9.17, 15) is 4.79 Å². The highest BCUT2D eigenvalue weighted by atomic mass is 16.5. The van der Waals surface area contributed by atoms with Crippen LogP contribution in [0.2, 0.25) is 0 Å². The molecule has 0 aliphatic carbocycles. The molecule has 0 aliphatic rings. The van der Waals surface area contributed by atoms with Crippen molar-refractivity contribution in [3.05, 3.63) is 16.8 Å². The molecule has 1 heterocycles. The second-order valence-electron chi connectivity index (χ2n) is 3.11. The molecule has 0 saturated carbocycles. The largest absolute Gasteiger partial charge is 0.481 e. The van der Waals surface area contributed by atoms with Gasteiger partial charge >= 0.3 is 5.97 Å². The summed E-state index contributed by atoms with van der Waals surface area (Å²) in [6.45, 7) is 1.71. The highest BCUT2D eigenvalue weighted by Crippen LogP contribution is 2.23. The van der Waals surface area contributed by atoms with E-state index < -0.39 is 5.97 Å². The molecule has 0 bridgehead atoms. The first-order chi connectivity index (χ1) is 7.51. The number of carboxylic acids is 1. The monoisotopic (exact) mass is 221 g/mol. The summed E-state index contributed by atoms with van der Waals surface area (Å²) in [5, 5.41) is 21.5. The zero-order valence-electron chi connectivity index (χ0n) is 9.18. The van der Waals surface area contributed by atoms with Crippen LogP contribution in [0.4, 0.5) is 0 Å². The molecule has 0 aromatic carbocycles. The molecule has 1 N–H and O–H groups in total. The van der Waals surface area contributed by atoms with E-state index >= 15 is 0 Å². The van der Waals surface area contributed by atoms with Crippen molar-refractivity contribution in [1.29, 1.82) is 5.26 Å². The van der Waals surface area contributed by atoms with Gasteiger partial charge in [-0.1, -0.05) is 0 Å². The highest BCUT2D eigenvalue weighted by Gasteiger charge is 2.15. The lowest BCUT2D eigenvalue weighted by molar-refractivity contribution is -0.132. The third kappa shape index (κ3) is 2.03. The van der Waals surface area contributed by atoms with Crippen LogP contribution >= 0.6 is 0 Å². The predicted molar refractivity (Wildman–Crippen MR) is 55.7 cm³/mol. The molecule has 0 unspecified atom stereocenters. The number of nitrogens with zero attached hydrogens (tertiary/aromatic N) is 3. The van der Waals surface area contributed by atoms with Gasteiger partial charge in [0.25, 0.3) is 0 Å². The Labute approximate surface area is 92.4 Å². The molecule has 0 spiro atoms. The average molecular weight is 221 g/mol. The van der Waals surface area contributed by atoms with E-state index in [-0.39, 0.29) is 5.57 Å². The molecule has 1 aromatic rings. The van der Waals surface area contributed by atoms with E-state index in [0.717, 1.165) is 0 Å². The molecule has 0 aliphatic heterocycles. The van der Waals surface area contributed by atoms with Gasteiger partial charge in [0.05, 0.1) is 18.4 Å². The van der Waals surface area contributed by atoms with Gasteiger partial charge in [-0.05, 0) is 13.0 Å². The quantitative estimate of drug-likeness (QED) is 0.600. The zero-order valence-corrected chi connectivity index (χ0v) is 9.18. The lowest BCUT2D eigenvalue weighted by Crippen LogP contribution is -1.99. The van der Waals surface area contributed by atoms with E-state index in [4.69, 9.17) is 15.1 Å². The van der Waals surface area contributed by atoms with Gasteiger partial charge in [0.1, 0.15) is 11.6 Å². The molecule has 16 heavy (non-hydrogen) atoms. The Bertz CT molecular complexity index is 494. The lowest BCUT2D eigenvalue weighted by atomic mass is 10.1. The Morgan fingerprint density at radius 1 is 1.69 bits per heavy atom. The number of carboxylic acid groups (broad SMARTS) is 1. The molecular weight excluding hydrogens is 210 g/mol. The van der Waals surface area contributed by atoms with Crippen molar-refractivity contribution in [3.8, 4) is 11.9 Å². The van der Waals surface area contributed by atoms with Crippen molar-refractivity contribution in [2.45, 2.75) is 6.92 Å². The average Bonchev–Trinajstić information content (AvgIpc) is 2.48. The van der Waals surface area contributed by atoms with E-state index in [1.54, 1.807) is 20.0 Å². The van der Waals surface area contributed by atoms with Crippen LogP contribution < -0.4 is 4.74 Å². The minimum atomic E-state index is -1.27. The molecular formula is C10H11N3O3. The molecule has 0 radical (unpaired) electrons. The first kappa shape index (κ1) is 11.8. The fourth-order valence-electron chi connectivity index (χ4n) is 1.35. The fourth-order valence-corrected chi connectivity index (χ4v) is 1.35. The minimum absolute atomic E-state index is 0.352. The predicted octanol–water partition coefficient (Wildman–Crippen LogP) is 0.729. The number of aryl methyl sites for hydroxylation is 2. The van der Waals surface area contributed by atoms with Gasteiger partial charge in [-0.15, -0.1) is 0 Å². The number of aliphatic carboxylic acids is 1. The van der Waals surface area contributed by atoms with E-state index in [0.29, 0.717) is 17.1 Å². The van der Waals surface area contributed by atoms with E-state index in [1.165, 1.54) is 17.9 Å². The fraction of sp³-hybridized carbons (Fsp3) is 0.300. The molecule has 6 nitrogen and oxygen atoms in total. The van der Waals surface area contributed by atoms with Crippen molar-refractivity contribution in [1.82, 2.24) is 9.78 Å². The van der Waals surface area contributed by atoms with Crippen LogP contribution in [0, 0.1) is 18.3 Å². The zero-order chi connectivity index (χ0) is 12.3. The topological polar surface area (TPSA) is 88.1 Å².